The molecule has 0 aromatic carbocycles. The molecule has 78 valence electrons. The van der Waals surface area contributed by atoms with Crippen LogP contribution in [0.1, 0.15) is 26.2 Å². The number of carbonyl (C=O) groups excluding carboxylic acids is 1. The zero-order valence-corrected chi connectivity index (χ0v) is 8.84. The Labute approximate surface area is 85.1 Å². The fourth-order valence-corrected chi connectivity index (χ4v) is 1.61. The quantitative estimate of drug-likeness (QED) is 0.705. The molecule has 3 N–H and O–H groups in total. The normalized spacial score (nSPS) is 21.9. The third-order valence-corrected chi connectivity index (χ3v) is 2.50. The first-order valence-electron chi connectivity index (χ1n) is 5.08. The molecular formula is C11H18N2O. The number of hydrogen-bond donors (Lipinski definition) is 2. The fourth-order valence-electron chi connectivity index (χ4n) is 1.61. The lowest BCUT2D eigenvalue weighted by Gasteiger charge is -2.20. The third kappa shape index (κ3) is 2.23. The van der Waals surface area contributed by atoms with Crippen molar-refractivity contribution in [3.05, 3.63) is 23.4 Å². The van der Waals surface area contributed by atoms with Gasteiger partial charge in [-0.1, -0.05) is 19.4 Å². The van der Waals surface area contributed by atoms with Gasteiger partial charge in [0.25, 0.3) is 0 Å². The van der Waals surface area contributed by atoms with Gasteiger partial charge in [-0.2, -0.15) is 0 Å². The summed E-state index contributed by atoms with van der Waals surface area (Å²) >= 11 is 0. The highest BCUT2D eigenvalue weighted by Crippen LogP contribution is 2.18. The molecule has 0 aromatic heterocycles. The number of likely N-dealkylation sites (N-methyl/N-ethyl adjacent to an activating group) is 1. The highest BCUT2D eigenvalue weighted by molar-refractivity contribution is 5.98. The molecule has 3 heteroatoms. The first kappa shape index (κ1) is 11.0. The molecule has 0 fully saturated rings. The van der Waals surface area contributed by atoms with Crippen molar-refractivity contribution in [2.45, 2.75) is 32.2 Å². The maximum Gasteiger partial charge on any atom is 0.178 e. The number of nitrogens with two attached hydrogens (primary N) is 1. The molecule has 0 saturated carbocycles. The van der Waals surface area contributed by atoms with Gasteiger partial charge in [0.1, 0.15) is 6.04 Å². The van der Waals surface area contributed by atoms with Gasteiger partial charge < -0.3 is 11.1 Å². The number of nitrogens with one attached hydrogen (secondary N) is 1. The second kappa shape index (κ2) is 4.96. The zero-order chi connectivity index (χ0) is 10.6. The van der Waals surface area contributed by atoms with Crippen LogP contribution in [0.25, 0.3) is 0 Å². The van der Waals surface area contributed by atoms with Crippen LogP contribution in [-0.4, -0.2) is 18.9 Å². The molecular weight excluding hydrogens is 176 g/mol. The standard InChI is InChI=1S/C11H18N2O/c1-3-4-5-8-6-7-9(14)11(13-2)10(8)12/h6-7,11,13H,3-5,12H2,1-2H3. The summed E-state index contributed by atoms with van der Waals surface area (Å²) in [5.41, 5.74) is 7.70. The summed E-state index contributed by atoms with van der Waals surface area (Å²) in [5.74, 6) is 0.0465. The van der Waals surface area contributed by atoms with E-state index in [4.69, 9.17) is 5.73 Å². The summed E-state index contributed by atoms with van der Waals surface area (Å²) in [7, 11) is 1.76. The maximum atomic E-state index is 11.4. The first-order chi connectivity index (χ1) is 6.70. The molecule has 0 amide bonds. The number of ketones is 1. The van der Waals surface area contributed by atoms with Gasteiger partial charge in [0, 0.05) is 5.70 Å². The maximum absolute atomic E-state index is 11.4. The lowest BCUT2D eigenvalue weighted by atomic mass is 9.94. The molecule has 0 saturated heterocycles. The topological polar surface area (TPSA) is 55.1 Å². The minimum atomic E-state index is -0.313. The van der Waals surface area contributed by atoms with E-state index in [9.17, 15) is 4.79 Å². The molecule has 1 aliphatic rings. The largest absolute Gasteiger partial charge is 0.400 e. The van der Waals surface area contributed by atoms with Crippen LogP contribution >= 0.6 is 0 Å². The van der Waals surface area contributed by atoms with E-state index in [-0.39, 0.29) is 11.8 Å². The summed E-state index contributed by atoms with van der Waals surface area (Å²) in [6.45, 7) is 2.14. The Morgan fingerprint density at radius 3 is 2.79 bits per heavy atom. The molecule has 0 radical (unpaired) electrons. The van der Waals surface area contributed by atoms with Gasteiger partial charge in [0.2, 0.25) is 0 Å². The number of allylic oxidation sites excluding steroid dienone is 2. The van der Waals surface area contributed by atoms with Crippen molar-refractivity contribution < 1.29 is 4.79 Å². The van der Waals surface area contributed by atoms with E-state index in [2.05, 4.69) is 12.2 Å². The summed E-state index contributed by atoms with van der Waals surface area (Å²) in [6.07, 6.45) is 6.68. The minimum absolute atomic E-state index is 0.0465. The van der Waals surface area contributed by atoms with Gasteiger partial charge >= 0.3 is 0 Å². The molecule has 0 aliphatic heterocycles. The monoisotopic (exact) mass is 194 g/mol. The van der Waals surface area contributed by atoms with Crippen LogP contribution in [0.3, 0.4) is 0 Å². The highest BCUT2D eigenvalue weighted by atomic mass is 16.1. The van der Waals surface area contributed by atoms with E-state index in [1.54, 1.807) is 13.1 Å². The average molecular weight is 194 g/mol. The second-order valence-corrected chi connectivity index (χ2v) is 3.54. The van der Waals surface area contributed by atoms with Crippen molar-refractivity contribution in [2.75, 3.05) is 7.05 Å². The Morgan fingerprint density at radius 1 is 1.50 bits per heavy atom. The molecule has 1 unspecified atom stereocenters. The van der Waals surface area contributed by atoms with E-state index in [0.29, 0.717) is 5.70 Å². The predicted octanol–water partition coefficient (Wildman–Crippen LogP) is 1.12. The lowest BCUT2D eigenvalue weighted by Crippen LogP contribution is -2.40. The Morgan fingerprint density at radius 2 is 2.21 bits per heavy atom. The summed E-state index contributed by atoms with van der Waals surface area (Å²) < 4.78 is 0. The predicted molar refractivity (Wildman–Crippen MR) is 57.7 cm³/mol. The Hall–Kier alpha value is -1.09. The summed E-state index contributed by atoms with van der Waals surface area (Å²) in [6, 6.07) is -0.313. The number of carbonyl (C=O) groups is 1. The highest BCUT2D eigenvalue weighted by Gasteiger charge is 2.22. The Bertz CT molecular complexity index is 279. The van der Waals surface area contributed by atoms with Crippen LogP contribution in [0.15, 0.2) is 23.4 Å². The van der Waals surface area contributed by atoms with Crippen LogP contribution in [0.4, 0.5) is 0 Å². The first-order valence-corrected chi connectivity index (χ1v) is 5.08. The fraction of sp³-hybridized carbons (Fsp3) is 0.545. The molecule has 0 spiro atoms. The third-order valence-electron chi connectivity index (χ3n) is 2.50. The van der Waals surface area contributed by atoms with Crippen LogP contribution in [-0.2, 0) is 4.79 Å². The Kier molecular flexibility index (Phi) is 3.89. The lowest BCUT2D eigenvalue weighted by molar-refractivity contribution is -0.115. The van der Waals surface area contributed by atoms with Crippen LogP contribution in [0.5, 0.6) is 0 Å². The van der Waals surface area contributed by atoms with E-state index in [1.165, 1.54) is 0 Å². The smallest absolute Gasteiger partial charge is 0.178 e. The van der Waals surface area contributed by atoms with E-state index >= 15 is 0 Å². The van der Waals surface area contributed by atoms with Crippen molar-refractivity contribution in [3.63, 3.8) is 0 Å². The van der Waals surface area contributed by atoms with Crippen molar-refractivity contribution in [1.29, 1.82) is 0 Å². The summed E-state index contributed by atoms with van der Waals surface area (Å²) in [5, 5.41) is 2.93. The van der Waals surface area contributed by atoms with Crippen molar-refractivity contribution >= 4 is 5.78 Å². The van der Waals surface area contributed by atoms with E-state index < -0.39 is 0 Å². The van der Waals surface area contributed by atoms with Gasteiger partial charge in [-0.15, -0.1) is 0 Å². The molecule has 3 nitrogen and oxygen atoms in total. The molecule has 0 aromatic rings. The van der Waals surface area contributed by atoms with Gasteiger partial charge in [0.05, 0.1) is 0 Å². The second-order valence-electron chi connectivity index (χ2n) is 3.54. The molecule has 14 heavy (non-hydrogen) atoms. The minimum Gasteiger partial charge on any atom is -0.400 e. The van der Waals surface area contributed by atoms with Gasteiger partial charge in [-0.25, -0.2) is 0 Å². The van der Waals surface area contributed by atoms with Gasteiger partial charge in [-0.05, 0) is 31.5 Å². The average Bonchev–Trinajstić information content (AvgIpc) is 2.18. The SMILES string of the molecule is CCCCC1=C(N)C(NC)C(=O)C=C1. The number of hydrogen-bond acceptors (Lipinski definition) is 3. The number of rotatable bonds is 4. The molecule has 1 aliphatic carbocycles. The molecule has 0 heterocycles. The van der Waals surface area contributed by atoms with Crippen LogP contribution < -0.4 is 11.1 Å². The zero-order valence-electron chi connectivity index (χ0n) is 8.84. The van der Waals surface area contributed by atoms with E-state index in [0.717, 1.165) is 24.8 Å². The van der Waals surface area contributed by atoms with Crippen LogP contribution in [0, 0.1) is 0 Å². The molecule has 0 bridgehead atoms. The summed E-state index contributed by atoms with van der Waals surface area (Å²) in [4.78, 5) is 11.4. The van der Waals surface area contributed by atoms with E-state index in [1.807, 2.05) is 6.08 Å². The van der Waals surface area contributed by atoms with Gasteiger partial charge in [0.15, 0.2) is 5.78 Å². The van der Waals surface area contributed by atoms with Gasteiger partial charge in [-0.3, -0.25) is 4.79 Å². The van der Waals surface area contributed by atoms with Crippen LogP contribution in [0.2, 0.25) is 0 Å². The van der Waals surface area contributed by atoms with Crippen molar-refractivity contribution in [1.82, 2.24) is 5.32 Å². The van der Waals surface area contributed by atoms with Crippen molar-refractivity contribution in [3.8, 4) is 0 Å². The number of unbranched alkanes of at least 4 members (excludes halogenated alkanes) is 1. The molecule has 1 rings (SSSR count). The molecule has 1 atom stereocenters. The van der Waals surface area contributed by atoms with Crippen molar-refractivity contribution in [2.24, 2.45) is 5.73 Å². The Balaban J connectivity index is 2.77.